The van der Waals surface area contributed by atoms with Crippen LogP contribution in [-0.4, -0.2) is 20.9 Å². The van der Waals surface area contributed by atoms with Gasteiger partial charge in [-0.25, -0.2) is 4.79 Å². The number of nitrogens with zero attached hydrogens (tertiary/aromatic N) is 2. The first-order valence-electron chi connectivity index (χ1n) is 5.08. The third kappa shape index (κ3) is 1.82. The zero-order valence-corrected chi connectivity index (χ0v) is 8.92. The van der Waals surface area contributed by atoms with Crippen molar-refractivity contribution in [2.75, 3.05) is 0 Å². The maximum atomic E-state index is 11.1. The second-order valence-corrected chi connectivity index (χ2v) is 3.42. The molecular formula is C12H12N2O2. The molecule has 0 bridgehead atoms. The Morgan fingerprint density at radius 1 is 1.38 bits per heavy atom. The van der Waals surface area contributed by atoms with Crippen molar-refractivity contribution in [2.24, 2.45) is 0 Å². The molecule has 1 aromatic heterocycles. The van der Waals surface area contributed by atoms with E-state index in [1.165, 1.54) is 0 Å². The van der Waals surface area contributed by atoms with Crippen LogP contribution >= 0.6 is 0 Å². The molecule has 16 heavy (non-hydrogen) atoms. The van der Waals surface area contributed by atoms with Crippen LogP contribution in [0.15, 0.2) is 36.5 Å². The highest BCUT2D eigenvalue weighted by molar-refractivity contribution is 5.94. The van der Waals surface area contributed by atoms with Crippen LogP contribution in [0.5, 0.6) is 0 Å². The number of benzene rings is 1. The lowest BCUT2D eigenvalue weighted by Gasteiger charge is -1.97. The van der Waals surface area contributed by atoms with E-state index in [2.05, 4.69) is 5.10 Å². The summed E-state index contributed by atoms with van der Waals surface area (Å²) in [6.07, 6.45) is 1.56. The van der Waals surface area contributed by atoms with Crippen LogP contribution in [0, 0.1) is 0 Å². The van der Waals surface area contributed by atoms with Crippen LogP contribution in [-0.2, 0) is 6.54 Å². The molecule has 0 aliphatic carbocycles. The van der Waals surface area contributed by atoms with Gasteiger partial charge < -0.3 is 5.11 Å². The van der Waals surface area contributed by atoms with Gasteiger partial charge in [-0.2, -0.15) is 5.10 Å². The molecule has 4 nitrogen and oxygen atoms in total. The van der Waals surface area contributed by atoms with E-state index < -0.39 is 5.97 Å². The molecule has 0 aliphatic heterocycles. The summed E-state index contributed by atoms with van der Waals surface area (Å²) in [6.45, 7) is 2.58. The number of aromatic nitrogens is 2. The molecule has 0 saturated carbocycles. The summed E-state index contributed by atoms with van der Waals surface area (Å²) < 4.78 is 1.63. The van der Waals surface area contributed by atoms with E-state index in [4.69, 9.17) is 5.11 Å². The van der Waals surface area contributed by atoms with Crippen LogP contribution in [0.1, 0.15) is 17.3 Å². The fraction of sp³-hybridized carbons (Fsp3) is 0.167. The lowest BCUT2D eigenvalue weighted by molar-refractivity contribution is 0.0697. The molecule has 0 fully saturated rings. The Labute approximate surface area is 93.1 Å². The minimum absolute atomic E-state index is 0.244. The van der Waals surface area contributed by atoms with E-state index in [-0.39, 0.29) is 5.56 Å². The van der Waals surface area contributed by atoms with Crippen molar-refractivity contribution in [3.8, 4) is 11.3 Å². The van der Waals surface area contributed by atoms with Crippen molar-refractivity contribution < 1.29 is 9.90 Å². The highest BCUT2D eigenvalue weighted by atomic mass is 16.4. The number of hydrogen-bond acceptors (Lipinski definition) is 2. The summed E-state index contributed by atoms with van der Waals surface area (Å²) in [5, 5.41) is 13.3. The predicted molar refractivity (Wildman–Crippen MR) is 60.3 cm³/mol. The first kappa shape index (κ1) is 10.4. The molecule has 0 radical (unpaired) electrons. The molecule has 4 heteroatoms. The molecular weight excluding hydrogens is 204 g/mol. The molecule has 0 spiro atoms. The van der Waals surface area contributed by atoms with E-state index in [1.54, 1.807) is 10.9 Å². The number of aryl methyl sites for hydroxylation is 1. The topological polar surface area (TPSA) is 55.1 Å². The molecule has 0 saturated heterocycles. The molecule has 1 heterocycles. The van der Waals surface area contributed by atoms with Crippen LogP contribution in [0.2, 0.25) is 0 Å². The van der Waals surface area contributed by atoms with Gasteiger partial charge in [0.1, 0.15) is 11.3 Å². The normalized spacial score (nSPS) is 10.3. The Kier molecular flexibility index (Phi) is 2.72. The maximum Gasteiger partial charge on any atom is 0.339 e. The van der Waals surface area contributed by atoms with E-state index in [9.17, 15) is 4.79 Å². The van der Waals surface area contributed by atoms with Crippen molar-refractivity contribution in [1.29, 1.82) is 0 Å². The van der Waals surface area contributed by atoms with Gasteiger partial charge in [0, 0.05) is 18.3 Å². The average molecular weight is 216 g/mol. The van der Waals surface area contributed by atoms with E-state index >= 15 is 0 Å². The summed E-state index contributed by atoms with van der Waals surface area (Å²) in [6, 6.07) is 9.34. The summed E-state index contributed by atoms with van der Waals surface area (Å²) in [7, 11) is 0. The minimum Gasteiger partial charge on any atom is -0.478 e. The second kappa shape index (κ2) is 4.18. The highest BCUT2D eigenvalue weighted by Gasteiger charge is 2.15. The Balaban J connectivity index is 2.55. The van der Waals surface area contributed by atoms with Crippen LogP contribution in [0.4, 0.5) is 0 Å². The molecule has 1 aromatic carbocycles. The van der Waals surface area contributed by atoms with Gasteiger partial charge in [-0.3, -0.25) is 4.68 Å². The lowest BCUT2D eigenvalue weighted by atomic mass is 10.1. The number of carbonyl (C=O) groups is 1. The molecule has 82 valence electrons. The van der Waals surface area contributed by atoms with Crippen LogP contribution in [0.3, 0.4) is 0 Å². The Morgan fingerprint density at radius 2 is 2.06 bits per heavy atom. The van der Waals surface area contributed by atoms with Gasteiger partial charge in [-0.15, -0.1) is 0 Å². The first-order chi connectivity index (χ1) is 7.72. The van der Waals surface area contributed by atoms with Crippen molar-refractivity contribution in [3.05, 3.63) is 42.1 Å². The number of rotatable bonds is 3. The standard InChI is InChI=1S/C12H12N2O2/c1-2-14-8-10(12(15)16)11(13-14)9-6-4-3-5-7-9/h3-8H,2H2,1H3,(H,15,16). The van der Waals surface area contributed by atoms with Gasteiger partial charge in [-0.05, 0) is 6.92 Å². The summed E-state index contributed by atoms with van der Waals surface area (Å²) in [5.74, 6) is -0.946. The molecule has 0 atom stereocenters. The minimum atomic E-state index is -0.946. The van der Waals surface area contributed by atoms with Gasteiger partial charge in [0.25, 0.3) is 0 Å². The third-order valence-corrected chi connectivity index (χ3v) is 2.36. The zero-order chi connectivity index (χ0) is 11.5. The van der Waals surface area contributed by atoms with Crippen molar-refractivity contribution in [2.45, 2.75) is 13.5 Å². The summed E-state index contributed by atoms with van der Waals surface area (Å²) in [4.78, 5) is 11.1. The monoisotopic (exact) mass is 216 g/mol. The Hall–Kier alpha value is -2.10. The van der Waals surface area contributed by atoms with Gasteiger partial charge in [0.15, 0.2) is 0 Å². The van der Waals surface area contributed by atoms with Crippen molar-refractivity contribution in [1.82, 2.24) is 9.78 Å². The quantitative estimate of drug-likeness (QED) is 0.856. The van der Waals surface area contributed by atoms with Gasteiger partial charge in [-0.1, -0.05) is 30.3 Å². The van der Waals surface area contributed by atoms with Crippen LogP contribution < -0.4 is 0 Å². The van der Waals surface area contributed by atoms with Gasteiger partial charge in [0.05, 0.1) is 0 Å². The average Bonchev–Trinajstić information content (AvgIpc) is 2.74. The number of hydrogen-bond donors (Lipinski definition) is 1. The second-order valence-electron chi connectivity index (χ2n) is 3.42. The Bertz CT molecular complexity index is 503. The molecule has 2 aromatic rings. The zero-order valence-electron chi connectivity index (χ0n) is 8.92. The first-order valence-corrected chi connectivity index (χ1v) is 5.08. The fourth-order valence-corrected chi connectivity index (χ4v) is 1.55. The van der Waals surface area contributed by atoms with Gasteiger partial charge >= 0.3 is 5.97 Å². The van der Waals surface area contributed by atoms with Crippen molar-refractivity contribution in [3.63, 3.8) is 0 Å². The van der Waals surface area contributed by atoms with E-state index in [0.29, 0.717) is 12.2 Å². The highest BCUT2D eigenvalue weighted by Crippen LogP contribution is 2.21. The number of carboxylic acid groups (broad SMARTS) is 1. The van der Waals surface area contributed by atoms with E-state index in [1.807, 2.05) is 37.3 Å². The SMILES string of the molecule is CCn1cc(C(=O)O)c(-c2ccccc2)n1. The summed E-state index contributed by atoms with van der Waals surface area (Å²) in [5.41, 5.74) is 1.59. The molecule has 0 unspecified atom stereocenters. The Morgan fingerprint density at radius 3 is 2.62 bits per heavy atom. The summed E-state index contributed by atoms with van der Waals surface area (Å²) >= 11 is 0. The largest absolute Gasteiger partial charge is 0.478 e. The number of aromatic carboxylic acids is 1. The molecule has 0 aliphatic rings. The third-order valence-electron chi connectivity index (χ3n) is 2.36. The van der Waals surface area contributed by atoms with Gasteiger partial charge in [0.2, 0.25) is 0 Å². The fourth-order valence-electron chi connectivity index (χ4n) is 1.55. The van der Waals surface area contributed by atoms with E-state index in [0.717, 1.165) is 5.56 Å². The molecule has 1 N–H and O–H groups in total. The predicted octanol–water partition coefficient (Wildman–Crippen LogP) is 2.27. The number of carboxylic acids is 1. The maximum absolute atomic E-state index is 11.1. The lowest BCUT2D eigenvalue weighted by Crippen LogP contribution is -1.96. The smallest absolute Gasteiger partial charge is 0.339 e. The van der Waals surface area contributed by atoms with Crippen LogP contribution in [0.25, 0.3) is 11.3 Å². The molecule has 0 amide bonds. The molecule has 2 rings (SSSR count). The van der Waals surface area contributed by atoms with Crippen molar-refractivity contribution >= 4 is 5.97 Å².